The molecule has 1 heterocycles. The van der Waals surface area contributed by atoms with E-state index in [1.807, 2.05) is 6.08 Å². The van der Waals surface area contributed by atoms with Gasteiger partial charge in [0.25, 0.3) is 0 Å². The zero-order chi connectivity index (χ0) is 8.32. The van der Waals surface area contributed by atoms with Crippen molar-refractivity contribution < 1.29 is 4.43 Å². The lowest BCUT2D eigenvalue weighted by Gasteiger charge is -2.20. The quantitative estimate of drug-likeness (QED) is 0.613. The molecule has 0 fully saturated rings. The van der Waals surface area contributed by atoms with Crippen molar-refractivity contribution >= 4 is 20.1 Å². The number of rotatable bonds is 2. The maximum atomic E-state index is 5.78. The lowest BCUT2D eigenvalue weighted by molar-refractivity contribution is 0.440. The maximum absolute atomic E-state index is 5.78. The predicted octanol–water partition coefficient (Wildman–Crippen LogP) is 2.98. The van der Waals surface area contributed by atoms with Gasteiger partial charge in [-0.2, -0.15) is 0 Å². The molecular weight excluding hydrogens is 172 g/mol. The van der Waals surface area contributed by atoms with E-state index in [2.05, 4.69) is 31.1 Å². The highest BCUT2D eigenvalue weighted by Crippen LogP contribution is 2.18. The fourth-order valence-corrected chi connectivity index (χ4v) is 2.26. The SMILES string of the molecule is C[Si](C)(C)OC1=CCSC=C1. The lowest BCUT2D eigenvalue weighted by Crippen LogP contribution is -2.24. The van der Waals surface area contributed by atoms with Crippen LogP contribution in [-0.4, -0.2) is 14.1 Å². The van der Waals surface area contributed by atoms with Gasteiger partial charge >= 0.3 is 0 Å². The third-order valence-electron chi connectivity index (χ3n) is 1.13. The van der Waals surface area contributed by atoms with Gasteiger partial charge in [-0.3, -0.25) is 0 Å². The van der Waals surface area contributed by atoms with Crippen molar-refractivity contribution in [1.82, 2.24) is 0 Å². The summed E-state index contributed by atoms with van der Waals surface area (Å²) in [5, 5.41) is 2.09. The summed E-state index contributed by atoms with van der Waals surface area (Å²) in [7, 11) is -1.37. The Hall–Kier alpha value is -0.153. The molecule has 0 bridgehead atoms. The van der Waals surface area contributed by atoms with E-state index in [0.29, 0.717) is 0 Å². The zero-order valence-corrected chi connectivity index (χ0v) is 9.07. The van der Waals surface area contributed by atoms with Crippen molar-refractivity contribution in [2.45, 2.75) is 19.6 Å². The maximum Gasteiger partial charge on any atom is 0.242 e. The number of thioether (sulfide) groups is 1. The smallest absolute Gasteiger partial charge is 0.242 e. The van der Waals surface area contributed by atoms with Gasteiger partial charge in [0.15, 0.2) is 0 Å². The Bertz CT molecular complexity index is 191. The molecule has 0 amide bonds. The Morgan fingerprint density at radius 2 is 2.18 bits per heavy atom. The Balaban J connectivity index is 2.49. The highest BCUT2D eigenvalue weighted by Gasteiger charge is 2.16. The van der Waals surface area contributed by atoms with Crippen molar-refractivity contribution in [3.63, 3.8) is 0 Å². The van der Waals surface area contributed by atoms with E-state index in [9.17, 15) is 0 Å². The van der Waals surface area contributed by atoms with Crippen LogP contribution in [0.5, 0.6) is 0 Å². The van der Waals surface area contributed by atoms with Crippen LogP contribution in [0.1, 0.15) is 0 Å². The highest BCUT2D eigenvalue weighted by atomic mass is 32.2. The summed E-state index contributed by atoms with van der Waals surface area (Å²) in [6.07, 6.45) is 4.19. The largest absolute Gasteiger partial charge is 0.544 e. The van der Waals surface area contributed by atoms with Crippen LogP contribution in [0, 0.1) is 0 Å². The van der Waals surface area contributed by atoms with E-state index in [-0.39, 0.29) is 0 Å². The van der Waals surface area contributed by atoms with Crippen molar-refractivity contribution in [1.29, 1.82) is 0 Å². The first-order valence-electron chi connectivity index (χ1n) is 3.75. The Morgan fingerprint density at radius 3 is 2.64 bits per heavy atom. The summed E-state index contributed by atoms with van der Waals surface area (Å²) < 4.78 is 5.78. The van der Waals surface area contributed by atoms with Gasteiger partial charge in [0.05, 0.1) is 0 Å². The minimum absolute atomic E-state index is 1.05. The van der Waals surface area contributed by atoms with Crippen LogP contribution >= 0.6 is 11.8 Å². The molecule has 1 nitrogen and oxygen atoms in total. The Kier molecular flexibility index (Phi) is 2.84. The van der Waals surface area contributed by atoms with Crippen LogP contribution in [0.3, 0.4) is 0 Å². The first kappa shape index (κ1) is 8.94. The molecule has 1 rings (SSSR count). The molecule has 0 unspecified atom stereocenters. The average molecular weight is 186 g/mol. The van der Waals surface area contributed by atoms with Crippen molar-refractivity contribution in [3.8, 4) is 0 Å². The molecule has 3 heteroatoms. The summed E-state index contributed by atoms with van der Waals surface area (Å²) in [6.45, 7) is 6.59. The third kappa shape index (κ3) is 3.67. The minimum atomic E-state index is -1.37. The molecule has 0 saturated heterocycles. The van der Waals surface area contributed by atoms with E-state index in [1.54, 1.807) is 11.8 Å². The summed E-state index contributed by atoms with van der Waals surface area (Å²) in [6, 6.07) is 0. The molecule has 0 atom stereocenters. The van der Waals surface area contributed by atoms with Crippen molar-refractivity contribution in [2.75, 3.05) is 5.75 Å². The topological polar surface area (TPSA) is 9.23 Å². The Labute approximate surface area is 73.6 Å². The van der Waals surface area contributed by atoms with Gasteiger partial charge < -0.3 is 4.43 Å². The van der Waals surface area contributed by atoms with E-state index < -0.39 is 8.32 Å². The van der Waals surface area contributed by atoms with Crippen molar-refractivity contribution in [2.24, 2.45) is 0 Å². The summed E-state index contributed by atoms with van der Waals surface area (Å²) in [4.78, 5) is 0. The molecular formula is C8H14OSSi. The van der Waals surface area contributed by atoms with E-state index in [0.717, 1.165) is 11.5 Å². The van der Waals surface area contributed by atoms with Crippen LogP contribution in [0.15, 0.2) is 23.3 Å². The van der Waals surface area contributed by atoms with Crippen LogP contribution in [-0.2, 0) is 4.43 Å². The van der Waals surface area contributed by atoms with E-state index in [1.165, 1.54) is 0 Å². The molecule has 1 aliphatic heterocycles. The monoisotopic (exact) mass is 186 g/mol. The Morgan fingerprint density at radius 1 is 1.45 bits per heavy atom. The molecule has 0 radical (unpaired) electrons. The third-order valence-corrected chi connectivity index (χ3v) is 2.67. The molecule has 0 saturated carbocycles. The fraction of sp³-hybridized carbons (Fsp3) is 0.500. The van der Waals surface area contributed by atoms with E-state index in [4.69, 9.17) is 4.43 Å². The minimum Gasteiger partial charge on any atom is -0.544 e. The first-order chi connectivity index (χ1) is 5.08. The van der Waals surface area contributed by atoms with Gasteiger partial charge in [0.2, 0.25) is 8.32 Å². The normalized spacial score (nSPS) is 17.9. The van der Waals surface area contributed by atoms with Gasteiger partial charge in [-0.1, -0.05) is 0 Å². The summed E-state index contributed by atoms with van der Waals surface area (Å²) >= 11 is 1.80. The van der Waals surface area contributed by atoms with E-state index >= 15 is 0 Å². The highest BCUT2D eigenvalue weighted by molar-refractivity contribution is 8.02. The second-order valence-electron chi connectivity index (χ2n) is 3.46. The lowest BCUT2D eigenvalue weighted by atomic mass is 10.4. The molecule has 0 aliphatic carbocycles. The molecule has 62 valence electrons. The second-order valence-corrected chi connectivity index (χ2v) is 8.82. The predicted molar refractivity (Wildman–Crippen MR) is 54.1 cm³/mol. The molecule has 0 N–H and O–H groups in total. The van der Waals surface area contributed by atoms with Gasteiger partial charge in [0.1, 0.15) is 5.76 Å². The summed E-state index contributed by atoms with van der Waals surface area (Å²) in [5.74, 6) is 2.11. The van der Waals surface area contributed by atoms with Crippen molar-refractivity contribution in [3.05, 3.63) is 23.3 Å². The molecule has 0 spiro atoms. The van der Waals surface area contributed by atoms with Gasteiger partial charge in [-0.25, -0.2) is 0 Å². The molecule has 1 aliphatic rings. The van der Waals surface area contributed by atoms with Gasteiger partial charge in [0, 0.05) is 5.75 Å². The fourth-order valence-electron chi connectivity index (χ4n) is 0.798. The van der Waals surface area contributed by atoms with Crippen LogP contribution in [0.4, 0.5) is 0 Å². The van der Waals surface area contributed by atoms with Crippen LogP contribution in [0.2, 0.25) is 19.6 Å². The van der Waals surface area contributed by atoms with Crippen LogP contribution < -0.4 is 0 Å². The number of hydrogen-bond acceptors (Lipinski definition) is 2. The zero-order valence-electron chi connectivity index (χ0n) is 7.26. The summed E-state index contributed by atoms with van der Waals surface area (Å²) in [5.41, 5.74) is 0. The second kappa shape index (κ2) is 3.50. The molecule has 0 aromatic rings. The average Bonchev–Trinajstić information content (AvgIpc) is 1.85. The first-order valence-corrected chi connectivity index (χ1v) is 8.21. The van der Waals surface area contributed by atoms with Gasteiger partial charge in [-0.05, 0) is 37.2 Å². The molecule has 0 aromatic carbocycles. The number of allylic oxidation sites excluding steroid dienone is 1. The molecule has 0 aromatic heterocycles. The number of hydrogen-bond donors (Lipinski definition) is 0. The molecule has 11 heavy (non-hydrogen) atoms. The standard InChI is InChI=1S/C8H14OSSi/c1-11(2,3)9-8-4-6-10-7-5-8/h4-6H,7H2,1-3H3. The van der Waals surface area contributed by atoms with Crippen LogP contribution in [0.25, 0.3) is 0 Å². The van der Waals surface area contributed by atoms with Gasteiger partial charge in [-0.15, -0.1) is 11.8 Å².